The predicted octanol–water partition coefficient (Wildman–Crippen LogP) is 0.810. The minimum absolute atomic E-state index is 0.303. The number of phenols is 1. The van der Waals surface area contributed by atoms with Crippen LogP contribution >= 0.6 is 0 Å². The summed E-state index contributed by atoms with van der Waals surface area (Å²) < 4.78 is 4.89. The van der Waals surface area contributed by atoms with Crippen LogP contribution < -0.4 is 10.5 Å². The summed E-state index contributed by atoms with van der Waals surface area (Å²) in [6, 6.07) is 2.71. The molecular formula is C9H12N2O4. The number of hydrogen-bond donors (Lipinski definition) is 2. The minimum Gasteiger partial charge on any atom is -0.502 e. The molecule has 0 unspecified atom stereocenters. The molecule has 0 amide bonds. The molecule has 3 N–H and O–H groups in total. The van der Waals surface area contributed by atoms with Gasteiger partial charge in [0.1, 0.15) is 5.75 Å². The highest BCUT2D eigenvalue weighted by Gasteiger charge is 2.18. The Bertz CT molecular complexity index is 379. The van der Waals surface area contributed by atoms with Gasteiger partial charge in [0, 0.05) is 5.56 Å². The molecule has 0 aromatic heterocycles. The topological polar surface area (TPSA) is 98.6 Å². The molecule has 0 aliphatic carbocycles. The van der Waals surface area contributed by atoms with Gasteiger partial charge in [0.05, 0.1) is 18.1 Å². The van der Waals surface area contributed by atoms with Crippen molar-refractivity contribution in [2.75, 3.05) is 13.7 Å². The molecule has 0 bridgehead atoms. The first-order valence-electron chi connectivity index (χ1n) is 4.34. The zero-order valence-electron chi connectivity index (χ0n) is 8.27. The van der Waals surface area contributed by atoms with Gasteiger partial charge >= 0.3 is 5.69 Å². The van der Waals surface area contributed by atoms with Crippen LogP contribution in [0.3, 0.4) is 0 Å². The number of hydrogen-bond acceptors (Lipinski definition) is 5. The number of phenolic OH excluding ortho intramolecular Hbond substituents is 1. The maximum absolute atomic E-state index is 10.6. The first kappa shape index (κ1) is 11.3. The number of nitrogens with two attached hydrogens (primary N) is 1. The Morgan fingerprint density at radius 2 is 2.27 bits per heavy atom. The fourth-order valence-electron chi connectivity index (χ4n) is 1.25. The van der Waals surface area contributed by atoms with Crippen LogP contribution in [-0.2, 0) is 6.42 Å². The fourth-order valence-corrected chi connectivity index (χ4v) is 1.25. The molecule has 0 aliphatic heterocycles. The maximum Gasteiger partial charge on any atom is 0.314 e. The molecule has 0 fully saturated rings. The van der Waals surface area contributed by atoms with E-state index in [9.17, 15) is 15.2 Å². The molecule has 1 aromatic carbocycles. The average molecular weight is 212 g/mol. The Hall–Kier alpha value is -1.82. The quantitative estimate of drug-likeness (QED) is 0.568. The Kier molecular flexibility index (Phi) is 3.46. The van der Waals surface area contributed by atoms with Crippen molar-refractivity contribution in [3.05, 3.63) is 27.8 Å². The number of nitro groups is 1. The van der Waals surface area contributed by atoms with Gasteiger partial charge in [-0.15, -0.1) is 0 Å². The first-order chi connectivity index (χ1) is 7.10. The Morgan fingerprint density at radius 3 is 2.73 bits per heavy atom. The van der Waals surface area contributed by atoms with Gasteiger partial charge in [0.15, 0.2) is 5.75 Å². The van der Waals surface area contributed by atoms with E-state index >= 15 is 0 Å². The summed E-state index contributed by atoms with van der Waals surface area (Å²) in [7, 11) is 1.41. The van der Waals surface area contributed by atoms with Crippen LogP contribution in [0.2, 0.25) is 0 Å². The molecule has 0 saturated carbocycles. The van der Waals surface area contributed by atoms with E-state index in [0.717, 1.165) is 0 Å². The number of benzene rings is 1. The molecule has 6 nitrogen and oxygen atoms in total. The monoisotopic (exact) mass is 212 g/mol. The van der Waals surface area contributed by atoms with Gasteiger partial charge in [0.2, 0.25) is 0 Å². The van der Waals surface area contributed by atoms with Crippen LogP contribution in [0.5, 0.6) is 11.5 Å². The summed E-state index contributed by atoms with van der Waals surface area (Å²) in [5, 5.41) is 20.2. The fraction of sp³-hybridized carbons (Fsp3) is 0.333. The standard InChI is InChI=1S/C9H12N2O4/c1-15-7-4-6(2-3-10)9(12)8(5-7)11(13)14/h4-5,12H,2-3,10H2,1H3. The zero-order valence-corrected chi connectivity index (χ0v) is 8.27. The van der Waals surface area contributed by atoms with Crippen molar-refractivity contribution in [2.24, 2.45) is 5.73 Å². The molecule has 6 heteroatoms. The van der Waals surface area contributed by atoms with Crippen molar-refractivity contribution in [3.8, 4) is 11.5 Å². The molecule has 0 aliphatic rings. The zero-order chi connectivity index (χ0) is 11.4. The minimum atomic E-state index is -0.655. The van der Waals surface area contributed by atoms with E-state index in [0.29, 0.717) is 24.3 Å². The SMILES string of the molecule is COc1cc(CCN)c(O)c([N+](=O)[O-])c1. The second kappa shape index (κ2) is 4.61. The molecule has 0 spiro atoms. The maximum atomic E-state index is 10.6. The van der Waals surface area contributed by atoms with E-state index in [1.807, 2.05) is 0 Å². The van der Waals surface area contributed by atoms with E-state index in [4.69, 9.17) is 10.5 Å². The van der Waals surface area contributed by atoms with Gasteiger partial charge in [-0.3, -0.25) is 10.1 Å². The van der Waals surface area contributed by atoms with Crippen LogP contribution in [0.25, 0.3) is 0 Å². The Morgan fingerprint density at radius 1 is 1.60 bits per heavy atom. The summed E-state index contributed by atoms with van der Waals surface area (Å²) >= 11 is 0. The third-order valence-electron chi connectivity index (χ3n) is 1.99. The highest BCUT2D eigenvalue weighted by molar-refractivity contribution is 5.55. The number of methoxy groups -OCH3 is 1. The summed E-state index contributed by atoms with van der Waals surface area (Å²) in [6.07, 6.45) is 0.365. The third-order valence-corrected chi connectivity index (χ3v) is 1.99. The van der Waals surface area contributed by atoms with Gasteiger partial charge in [0.25, 0.3) is 0 Å². The number of nitrogens with zero attached hydrogens (tertiary/aromatic N) is 1. The van der Waals surface area contributed by atoms with Gasteiger partial charge in [-0.05, 0) is 19.0 Å². The smallest absolute Gasteiger partial charge is 0.314 e. The van der Waals surface area contributed by atoms with Crippen LogP contribution in [-0.4, -0.2) is 23.7 Å². The third kappa shape index (κ3) is 2.35. The summed E-state index contributed by atoms with van der Waals surface area (Å²) in [5.74, 6) is -0.00537. The molecule has 1 aromatic rings. The van der Waals surface area contributed by atoms with Gasteiger partial charge in [-0.1, -0.05) is 0 Å². The van der Waals surface area contributed by atoms with E-state index in [2.05, 4.69) is 0 Å². The van der Waals surface area contributed by atoms with Crippen molar-refractivity contribution in [1.29, 1.82) is 0 Å². The average Bonchev–Trinajstić information content (AvgIpc) is 2.21. The highest BCUT2D eigenvalue weighted by Crippen LogP contribution is 2.34. The van der Waals surface area contributed by atoms with Crippen LogP contribution in [0, 0.1) is 10.1 Å². The van der Waals surface area contributed by atoms with Crippen LogP contribution in [0.15, 0.2) is 12.1 Å². The Labute approximate surface area is 86.4 Å². The lowest BCUT2D eigenvalue weighted by atomic mass is 10.1. The second-order valence-corrected chi connectivity index (χ2v) is 2.95. The molecule has 15 heavy (non-hydrogen) atoms. The van der Waals surface area contributed by atoms with Crippen molar-refractivity contribution >= 4 is 5.69 Å². The predicted molar refractivity (Wildman–Crippen MR) is 54.1 cm³/mol. The van der Waals surface area contributed by atoms with E-state index in [1.54, 1.807) is 0 Å². The first-order valence-corrected chi connectivity index (χ1v) is 4.34. The summed E-state index contributed by atoms with van der Waals surface area (Å²) in [4.78, 5) is 9.95. The van der Waals surface area contributed by atoms with Crippen LogP contribution in [0.4, 0.5) is 5.69 Å². The van der Waals surface area contributed by atoms with Crippen molar-refractivity contribution in [2.45, 2.75) is 6.42 Å². The van der Waals surface area contributed by atoms with Crippen molar-refractivity contribution < 1.29 is 14.8 Å². The lowest BCUT2D eigenvalue weighted by Gasteiger charge is -2.06. The van der Waals surface area contributed by atoms with Gasteiger partial charge in [-0.2, -0.15) is 0 Å². The van der Waals surface area contributed by atoms with E-state index < -0.39 is 4.92 Å². The largest absolute Gasteiger partial charge is 0.502 e. The number of ether oxygens (including phenoxy) is 1. The summed E-state index contributed by atoms with van der Waals surface area (Å²) in [5.41, 5.74) is 5.38. The molecule has 0 atom stereocenters. The lowest BCUT2D eigenvalue weighted by molar-refractivity contribution is -0.386. The lowest BCUT2D eigenvalue weighted by Crippen LogP contribution is -2.04. The van der Waals surface area contributed by atoms with E-state index in [-0.39, 0.29) is 11.4 Å². The van der Waals surface area contributed by atoms with Crippen molar-refractivity contribution in [3.63, 3.8) is 0 Å². The molecule has 0 saturated heterocycles. The van der Waals surface area contributed by atoms with Crippen LogP contribution in [0.1, 0.15) is 5.56 Å². The molecular weight excluding hydrogens is 200 g/mol. The summed E-state index contributed by atoms with van der Waals surface area (Å²) in [6.45, 7) is 0.303. The molecule has 0 radical (unpaired) electrons. The number of aromatic hydroxyl groups is 1. The van der Waals surface area contributed by atoms with Crippen molar-refractivity contribution in [1.82, 2.24) is 0 Å². The normalized spacial score (nSPS) is 10.0. The van der Waals surface area contributed by atoms with E-state index in [1.165, 1.54) is 19.2 Å². The molecule has 0 heterocycles. The molecule has 1 rings (SSSR count). The number of rotatable bonds is 4. The Balaban J connectivity index is 3.26. The second-order valence-electron chi connectivity index (χ2n) is 2.95. The van der Waals surface area contributed by atoms with Gasteiger partial charge < -0.3 is 15.6 Å². The van der Waals surface area contributed by atoms with Gasteiger partial charge in [-0.25, -0.2) is 0 Å². The molecule has 82 valence electrons. The highest BCUT2D eigenvalue weighted by atomic mass is 16.6. The number of nitro benzene ring substituents is 1.